The average molecular weight is 547 g/mol. The number of carbonyl (C=O) groups is 1. The van der Waals surface area contributed by atoms with E-state index in [9.17, 15) is 9.90 Å². The molecular weight excluding hydrogens is 527 g/mol. The third kappa shape index (κ3) is 6.36. The fourth-order valence-electron chi connectivity index (χ4n) is 2.93. The van der Waals surface area contributed by atoms with Crippen molar-refractivity contribution >= 4 is 40.1 Å². The standard InChI is InChI=1S/C24H20ClIN2O3/c1-15-7-10-22(21(28-15)9-8-16-4-2-6-18(25)12-16)31-11-3-5-17-13-19(26)14-20(23(17)29)24(27)30/h2,4,6-7,10,12-14,29H,3,5,11H2,1H3,(H2,27,30). The Hall–Kier alpha value is -2.76. The van der Waals surface area contributed by atoms with Crippen LogP contribution in [-0.2, 0) is 6.42 Å². The van der Waals surface area contributed by atoms with Gasteiger partial charge in [0.15, 0.2) is 11.4 Å². The lowest BCUT2D eigenvalue weighted by molar-refractivity contribution is 0.0997. The van der Waals surface area contributed by atoms with Crippen molar-refractivity contribution in [2.45, 2.75) is 19.8 Å². The lowest BCUT2D eigenvalue weighted by Gasteiger charge is -2.11. The number of rotatable bonds is 6. The molecule has 0 bridgehead atoms. The summed E-state index contributed by atoms with van der Waals surface area (Å²) in [6.07, 6.45) is 1.16. The summed E-state index contributed by atoms with van der Waals surface area (Å²) in [4.78, 5) is 16.0. The van der Waals surface area contributed by atoms with Gasteiger partial charge >= 0.3 is 0 Å². The Bertz CT molecular complexity index is 1190. The quantitative estimate of drug-likeness (QED) is 0.263. The smallest absolute Gasteiger partial charge is 0.252 e. The molecule has 1 amide bonds. The molecule has 5 nitrogen and oxygen atoms in total. The molecule has 0 unspecified atom stereocenters. The number of primary amides is 1. The first-order chi connectivity index (χ1) is 14.8. The topological polar surface area (TPSA) is 85.4 Å². The molecule has 31 heavy (non-hydrogen) atoms. The molecule has 0 spiro atoms. The van der Waals surface area contributed by atoms with Crippen LogP contribution in [0.15, 0.2) is 48.5 Å². The Morgan fingerprint density at radius 2 is 2.03 bits per heavy atom. The number of amides is 1. The fraction of sp³-hybridized carbons (Fsp3) is 0.167. The molecule has 7 heteroatoms. The van der Waals surface area contributed by atoms with Gasteiger partial charge in [-0.05, 0) is 96.3 Å². The summed E-state index contributed by atoms with van der Waals surface area (Å²) in [5.74, 6) is 5.98. The van der Waals surface area contributed by atoms with Gasteiger partial charge in [0, 0.05) is 19.9 Å². The molecule has 3 rings (SSSR count). The summed E-state index contributed by atoms with van der Waals surface area (Å²) >= 11 is 8.11. The molecule has 0 radical (unpaired) electrons. The summed E-state index contributed by atoms with van der Waals surface area (Å²) in [5, 5.41) is 10.9. The molecular formula is C24H20ClIN2O3. The first-order valence-electron chi connectivity index (χ1n) is 9.52. The predicted octanol–water partition coefficient (Wildman–Crippen LogP) is 4.86. The van der Waals surface area contributed by atoms with Crippen LogP contribution >= 0.6 is 34.2 Å². The number of nitrogens with two attached hydrogens (primary N) is 1. The number of carbonyl (C=O) groups excluding carboxylic acids is 1. The number of benzene rings is 2. The summed E-state index contributed by atoms with van der Waals surface area (Å²) in [5.41, 5.74) is 8.31. The summed E-state index contributed by atoms with van der Waals surface area (Å²) in [7, 11) is 0. The maximum absolute atomic E-state index is 11.5. The van der Waals surface area contributed by atoms with Gasteiger partial charge in [0.2, 0.25) is 0 Å². The number of pyridine rings is 1. The number of phenols is 1. The van der Waals surface area contributed by atoms with Gasteiger partial charge in [0.1, 0.15) is 5.75 Å². The first-order valence-corrected chi connectivity index (χ1v) is 11.0. The van der Waals surface area contributed by atoms with Crippen molar-refractivity contribution in [3.05, 3.63) is 85.2 Å². The highest BCUT2D eigenvalue weighted by Crippen LogP contribution is 2.27. The Morgan fingerprint density at radius 1 is 1.23 bits per heavy atom. The van der Waals surface area contributed by atoms with E-state index in [2.05, 4.69) is 39.4 Å². The van der Waals surface area contributed by atoms with Crippen LogP contribution in [-0.4, -0.2) is 22.6 Å². The Balaban J connectivity index is 1.69. The average Bonchev–Trinajstić information content (AvgIpc) is 2.72. The van der Waals surface area contributed by atoms with Gasteiger partial charge < -0.3 is 15.6 Å². The van der Waals surface area contributed by atoms with Crippen LogP contribution in [0.5, 0.6) is 11.5 Å². The molecule has 158 valence electrons. The van der Waals surface area contributed by atoms with E-state index in [0.29, 0.717) is 41.5 Å². The fourth-order valence-corrected chi connectivity index (χ4v) is 3.80. The second-order valence-corrected chi connectivity index (χ2v) is 8.52. The van der Waals surface area contributed by atoms with Gasteiger partial charge in [-0.3, -0.25) is 4.79 Å². The summed E-state index contributed by atoms with van der Waals surface area (Å²) < 4.78 is 6.74. The van der Waals surface area contributed by atoms with Crippen molar-refractivity contribution in [1.82, 2.24) is 4.98 Å². The number of aryl methyl sites for hydroxylation is 2. The number of aromatic hydroxyl groups is 1. The minimum absolute atomic E-state index is 0.0713. The van der Waals surface area contributed by atoms with E-state index in [1.165, 1.54) is 0 Å². The second-order valence-electron chi connectivity index (χ2n) is 6.84. The Morgan fingerprint density at radius 3 is 2.77 bits per heavy atom. The zero-order chi connectivity index (χ0) is 22.4. The lowest BCUT2D eigenvalue weighted by Crippen LogP contribution is -2.12. The van der Waals surface area contributed by atoms with E-state index in [1.54, 1.807) is 18.2 Å². The molecule has 0 fully saturated rings. The number of halogens is 2. The van der Waals surface area contributed by atoms with Crippen molar-refractivity contribution in [1.29, 1.82) is 0 Å². The molecule has 3 N–H and O–H groups in total. The van der Waals surface area contributed by atoms with Crippen molar-refractivity contribution in [2.24, 2.45) is 5.73 Å². The van der Waals surface area contributed by atoms with Gasteiger partial charge in [-0.15, -0.1) is 0 Å². The first kappa shape index (κ1) is 22.9. The molecule has 2 aromatic carbocycles. The van der Waals surface area contributed by atoms with Crippen LogP contribution in [0.4, 0.5) is 0 Å². The zero-order valence-corrected chi connectivity index (χ0v) is 19.7. The van der Waals surface area contributed by atoms with Gasteiger partial charge in [0.05, 0.1) is 12.2 Å². The predicted molar refractivity (Wildman–Crippen MR) is 130 cm³/mol. The SMILES string of the molecule is Cc1ccc(OCCCc2cc(I)cc(C(N)=O)c2O)c(C#Cc2cccc(Cl)c2)n1. The van der Waals surface area contributed by atoms with Gasteiger partial charge in [-0.1, -0.05) is 23.6 Å². The third-order valence-corrected chi connectivity index (χ3v) is 5.27. The molecule has 0 aliphatic rings. The largest absolute Gasteiger partial charge is 0.507 e. The molecule has 0 saturated heterocycles. The van der Waals surface area contributed by atoms with Gasteiger partial charge in [-0.2, -0.15) is 0 Å². The van der Waals surface area contributed by atoms with E-state index < -0.39 is 5.91 Å². The maximum Gasteiger partial charge on any atom is 0.252 e. The van der Waals surface area contributed by atoms with Crippen molar-refractivity contribution in [3.8, 4) is 23.3 Å². The molecule has 0 saturated carbocycles. The number of nitrogens with zero attached hydrogens (tertiary/aromatic N) is 1. The van der Waals surface area contributed by atoms with E-state index in [0.717, 1.165) is 14.8 Å². The minimum Gasteiger partial charge on any atom is -0.507 e. The maximum atomic E-state index is 11.5. The van der Waals surface area contributed by atoms with Gasteiger partial charge in [-0.25, -0.2) is 4.98 Å². The van der Waals surface area contributed by atoms with Crippen molar-refractivity contribution < 1.29 is 14.6 Å². The molecule has 1 aromatic heterocycles. The van der Waals surface area contributed by atoms with E-state index in [-0.39, 0.29) is 11.3 Å². The molecule has 0 aliphatic heterocycles. The monoisotopic (exact) mass is 546 g/mol. The minimum atomic E-state index is -0.651. The van der Waals surface area contributed by atoms with Crippen molar-refractivity contribution in [2.75, 3.05) is 6.61 Å². The van der Waals surface area contributed by atoms with E-state index in [4.69, 9.17) is 22.1 Å². The van der Waals surface area contributed by atoms with Crippen LogP contribution < -0.4 is 10.5 Å². The second kappa shape index (κ2) is 10.5. The molecule has 1 heterocycles. The Kier molecular flexibility index (Phi) is 7.77. The Labute approximate surface area is 199 Å². The number of hydrogen-bond donors (Lipinski definition) is 2. The van der Waals surface area contributed by atoms with Crippen LogP contribution in [0.2, 0.25) is 5.02 Å². The number of hydrogen-bond acceptors (Lipinski definition) is 4. The van der Waals surface area contributed by atoms with Crippen molar-refractivity contribution in [3.63, 3.8) is 0 Å². The van der Waals surface area contributed by atoms with Gasteiger partial charge in [0.25, 0.3) is 5.91 Å². The van der Waals surface area contributed by atoms with Crippen LogP contribution in [0.3, 0.4) is 0 Å². The zero-order valence-electron chi connectivity index (χ0n) is 16.8. The van der Waals surface area contributed by atoms with Crippen LogP contribution in [0, 0.1) is 22.3 Å². The molecule has 0 aliphatic carbocycles. The van der Waals surface area contributed by atoms with E-state index >= 15 is 0 Å². The third-order valence-electron chi connectivity index (χ3n) is 4.41. The normalized spacial score (nSPS) is 10.3. The highest BCUT2D eigenvalue weighted by molar-refractivity contribution is 14.1. The molecule has 0 atom stereocenters. The lowest BCUT2D eigenvalue weighted by atomic mass is 10.0. The number of ether oxygens (including phenoxy) is 1. The van der Waals surface area contributed by atoms with Crippen LogP contribution in [0.25, 0.3) is 0 Å². The summed E-state index contributed by atoms with van der Waals surface area (Å²) in [6, 6.07) is 14.4. The summed E-state index contributed by atoms with van der Waals surface area (Å²) in [6.45, 7) is 2.29. The van der Waals surface area contributed by atoms with E-state index in [1.807, 2.05) is 37.3 Å². The number of aromatic nitrogens is 1. The highest BCUT2D eigenvalue weighted by atomic mass is 127. The van der Waals surface area contributed by atoms with Crippen LogP contribution in [0.1, 0.15) is 39.3 Å². The molecule has 3 aromatic rings. The highest BCUT2D eigenvalue weighted by Gasteiger charge is 2.13.